The first kappa shape index (κ1) is 17.5. The number of anilines is 1. The number of hydrogen-bond donors (Lipinski definition) is 1. The minimum atomic E-state index is -0.0766. The van der Waals surface area contributed by atoms with Crippen molar-refractivity contribution in [1.82, 2.24) is 4.90 Å². The predicted octanol–water partition coefficient (Wildman–Crippen LogP) is 4.97. The molecule has 1 N–H and O–H groups in total. The number of benzene rings is 1. The number of rotatable bonds is 5. The van der Waals surface area contributed by atoms with E-state index in [4.69, 9.17) is 9.15 Å². The molecular formula is C20H26N2O3. The van der Waals surface area contributed by atoms with Crippen LogP contribution in [-0.2, 0) is 11.3 Å². The van der Waals surface area contributed by atoms with Crippen molar-refractivity contribution < 1.29 is 13.9 Å². The second kappa shape index (κ2) is 8.72. The summed E-state index contributed by atoms with van der Waals surface area (Å²) in [5, 5.41) is 3.07. The largest absolute Gasteiger partial charge is 0.467 e. The zero-order chi connectivity index (χ0) is 17.5. The normalized spacial score (nSPS) is 18.0. The Bertz CT molecular complexity index is 669. The molecule has 0 aliphatic carbocycles. The first-order chi connectivity index (χ1) is 12.3. The molecule has 0 radical (unpaired) electrons. The molecule has 1 fully saturated rings. The Morgan fingerprint density at radius 2 is 2.12 bits per heavy atom. The van der Waals surface area contributed by atoms with Crippen molar-refractivity contribution in [2.75, 3.05) is 18.5 Å². The molecule has 2 amide bonds. The summed E-state index contributed by atoms with van der Waals surface area (Å²) in [5.41, 5.74) is 1.80. The number of amides is 2. The Morgan fingerprint density at radius 1 is 1.24 bits per heavy atom. The van der Waals surface area contributed by atoms with Crippen LogP contribution in [0.2, 0.25) is 0 Å². The molecule has 1 aromatic heterocycles. The van der Waals surface area contributed by atoms with Gasteiger partial charge < -0.3 is 19.4 Å². The molecule has 0 bridgehead atoms. The molecule has 1 aromatic carbocycles. The van der Waals surface area contributed by atoms with Gasteiger partial charge in [0.2, 0.25) is 0 Å². The number of para-hydroxylation sites is 1. The zero-order valence-corrected chi connectivity index (χ0v) is 14.7. The van der Waals surface area contributed by atoms with E-state index in [1.165, 1.54) is 0 Å². The van der Waals surface area contributed by atoms with Crippen LogP contribution in [0, 0.1) is 0 Å². The highest BCUT2D eigenvalue weighted by Gasteiger charge is 2.28. The average molecular weight is 342 g/mol. The first-order valence-electron chi connectivity index (χ1n) is 9.06. The van der Waals surface area contributed by atoms with E-state index < -0.39 is 0 Å². The van der Waals surface area contributed by atoms with Gasteiger partial charge in [-0.05, 0) is 38.0 Å². The van der Waals surface area contributed by atoms with Gasteiger partial charge in [0.15, 0.2) is 0 Å². The summed E-state index contributed by atoms with van der Waals surface area (Å²) in [6, 6.07) is 11.6. The number of carbonyl (C=O) groups is 1. The lowest BCUT2D eigenvalue weighted by Gasteiger charge is -2.29. The van der Waals surface area contributed by atoms with Crippen molar-refractivity contribution in [1.29, 1.82) is 0 Å². The van der Waals surface area contributed by atoms with Gasteiger partial charge in [0.25, 0.3) is 0 Å². The summed E-state index contributed by atoms with van der Waals surface area (Å²) < 4.78 is 11.1. The lowest BCUT2D eigenvalue weighted by atomic mass is 10.1. The van der Waals surface area contributed by atoms with E-state index in [2.05, 4.69) is 5.32 Å². The SMILES string of the molecule is CCOCc1ccccc1NC(=O)N1CCCCCC1c1ccco1. The summed E-state index contributed by atoms with van der Waals surface area (Å²) in [5.74, 6) is 0.861. The van der Waals surface area contributed by atoms with Crippen LogP contribution >= 0.6 is 0 Å². The van der Waals surface area contributed by atoms with Gasteiger partial charge in [-0.3, -0.25) is 0 Å². The van der Waals surface area contributed by atoms with Crippen LogP contribution in [0.4, 0.5) is 10.5 Å². The topological polar surface area (TPSA) is 54.7 Å². The number of nitrogens with zero attached hydrogens (tertiary/aromatic N) is 1. The average Bonchev–Trinajstić information content (AvgIpc) is 3.05. The van der Waals surface area contributed by atoms with Gasteiger partial charge in [-0.1, -0.05) is 31.0 Å². The van der Waals surface area contributed by atoms with Crippen molar-refractivity contribution in [3.8, 4) is 0 Å². The summed E-state index contributed by atoms with van der Waals surface area (Å²) in [4.78, 5) is 14.9. The maximum atomic E-state index is 13.0. The minimum Gasteiger partial charge on any atom is -0.467 e. The molecule has 25 heavy (non-hydrogen) atoms. The molecule has 1 atom stereocenters. The number of hydrogen-bond acceptors (Lipinski definition) is 3. The Kier molecular flexibility index (Phi) is 6.12. The van der Waals surface area contributed by atoms with Crippen molar-refractivity contribution in [3.63, 3.8) is 0 Å². The summed E-state index contributed by atoms with van der Waals surface area (Å²) in [7, 11) is 0. The van der Waals surface area contributed by atoms with Crippen molar-refractivity contribution in [3.05, 3.63) is 54.0 Å². The fourth-order valence-electron chi connectivity index (χ4n) is 3.30. The van der Waals surface area contributed by atoms with E-state index in [1.807, 2.05) is 48.2 Å². The van der Waals surface area contributed by atoms with Crippen LogP contribution in [0.5, 0.6) is 0 Å². The summed E-state index contributed by atoms with van der Waals surface area (Å²) >= 11 is 0. The van der Waals surface area contributed by atoms with Gasteiger partial charge in [-0.2, -0.15) is 0 Å². The Hall–Kier alpha value is -2.27. The number of urea groups is 1. The van der Waals surface area contributed by atoms with Gasteiger partial charge in [0.05, 0.1) is 18.9 Å². The van der Waals surface area contributed by atoms with Crippen molar-refractivity contribution >= 4 is 11.7 Å². The van der Waals surface area contributed by atoms with Gasteiger partial charge >= 0.3 is 6.03 Å². The van der Waals surface area contributed by atoms with E-state index in [0.29, 0.717) is 13.2 Å². The molecule has 134 valence electrons. The Balaban J connectivity index is 1.76. The number of nitrogens with one attached hydrogen (secondary N) is 1. The standard InChI is InChI=1S/C20H26N2O3/c1-2-24-15-16-9-5-6-10-17(16)21-20(23)22-13-7-3-4-11-18(22)19-12-8-14-25-19/h5-6,8-10,12,14,18H,2-4,7,11,13,15H2,1H3,(H,21,23). The van der Waals surface area contributed by atoms with E-state index in [9.17, 15) is 4.79 Å². The second-order valence-electron chi connectivity index (χ2n) is 6.30. The van der Waals surface area contributed by atoms with E-state index in [0.717, 1.165) is 49.2 Å². The molecule has 2 aromatic rings. The molecule has 1 aliphatic heterocycles. The number of furan rings is 1. The highest BCUT2D eigenvalue weighted by molar-refractivity contribution is 5.90. The van der Waals surface area contributed by atoms with Crippen LogP contribution in [0.15, 0.2) is 47.1 Å². The van der Waals surface area contributed by atoms with Crippen LogP contribution in [0.3, 0.4) is 0 Å². The minimum absolute atomic E-state index is 0.00319. The van der Waals surface area contributed by atoms with E-state index in [1.54, 1.807) is 6.26 Å². The molecule has 3 rings (SSSR count). The highest BCUT2D eigenvalue weighted by atomic mass is 16.5. The van der Waals surface area contributed by atoms with Crippen molar-refractivity contribution in [2.45, 2.75) is 45.3 Å². The molecule has 2 heterocycles. The third-order valence-corrected chi connectivity index (χ3v) is 4.61. The number of carbonyl (C=O) groups excluding carboxylic acids is 1. The molecule has 1 unspecified atom stereocenters. The van der Waals surface area contributed by atoms with E-state index >= 15 is 0 Å². The maximum Gasteiger partial charge on any atom is 0.322 e. The molecular weight excluding hydrogens is 316 g/mol. The van der Waals surface area contributed by atoms with E-state index in [-0.39, 0.29) is 12.1 Å². The van der Waals surface area contributed by atoms with Gasteiger partial charge in [0.1, 0.15) is 5.76 Å². The summed E-state index contributed by atoms with van der Waals surface area (Å²) in [6.45, 7) is 3.85. The smallest absolute Gasteiger partial charge is 0.322 e. The van der Waals surface area contributed by atoms with Crippen molar-refractivity contribution in [2.24, 2.45) is 0 Å². The monoisotopic (exact) mass is 342 g/mol. The lowest BCUT2D eigenvalue weighted by molar-refractivity contribution is 0.134. The lowest BCUT2D eigenvalue weighted by Crippen LogP contribution is -2.38. The van der Waals surface area contributed by atoms with Crippen LogP contribution in [-0.4, -0.2) is 24.1 Å². The van der Waals surface area contributed by atoms with Crippen LogP contribution < -0.4 is 5.32 Å². The maximum absolute atomic E-state index is 13.0. The number of likely N-dealkylation sites (tertiary alicyclic amines) is 1. The molecule has 5 heteroatoms. The van der Waals surface area contributed by atoms with Gasteiger partial charge in [-0.15, -0.1) is 0 Å². The third kappa shape index (κ3) is 4.42. The Morgan fingerprint density at radius 3 is 2.92 bits per heavy atom. The highest BCUT2D eigenvalue weighted by Crippen LogP contribution is 2.31. The number of ether oxygens (including phenoxy) is 1. The molecule has 5 nitrogen and oxygen atoms in total. The van der Waals surface area contributed by atoms with Crippen LogP contribution in [0.25, 0.3) is 0 Å². The fourth-order valence-corrected chi connectivity index (χ4v) is 3.30. The molecule has 1 aliphatic rings. The Labute approximate surface area is 149 Å². The molecule has 0 spiro atoms. The van der Waals surface area contributed by atoms with Gasteiger partial charge in [-0.25, -0.2) is 4.79 Å². The second-order valence-corrected chi connectivity index (χ2v) is 6.30. The predicted molar refractivity (Wildman–Crippen MR) is 97.4 cm³/mol. The van der Waals surface area contributed by atoms with Crippen LogP contribution in [0.1, 0.15) is 50.0 Å². The third-order valence-electron chi connectivity index (χ3n) is 4.61. The zero-order valence-electron chi connectivity index (χ0n) is 14.7. The molecule has 0 saturated carbocycles. The fraction of sp³-hybridized carbons (Fsp3) is 0.450. The first-order valence-corrected chi connectivity index (χ1v) is 9.06. The van der Waals surface area contributed by atoms with Gasteiger partial charge in [0, 0.05) is 24.4 Å². The molecule has 1 saturated heterocycles. The quantitative estimate of drug-likeness (QED) is 0.835. The summed E-state index contributed by atoms with van der Waals surface area (Å²) in [6.07, 6.45) is 5.87.